The van der Waals surface area contributed by atoms with Crippen LogP contribution in [0.1, 0.15) is 12.5 Å². The maximum Gasteiger partial charge on any atom is 0.235 e. The molecule has 0 aliphatic rings. The fraction of sp³-hybridized carbons (Fsp3) is 0.235. The molecule has 0 heterocycles. The Kier molecular flexibility index (Phi) is 5.88. The molecule has 1 unspecified atom stereocenters. The molecule has 2 aromatic rings. The van der Waals surface area contributed by atoms with Gasteiger partial charge in [-0.25, -0.2) is 0 Å². The SMILES string of the molecule is CC(Sc1ccccc1Br)C(=O)N(C)Cc1ccccc1. The van der Waals surface area contributed by atoms with Gasteiger partial charge in [-0.2, -0.15) is 0 Å². The second kappa shape index (κ2) is 7.66. The van der Waals surface area contributed by atoms with Gasteiger partial charge in [-0.15, -0.1) is 11.8 Å². The first-order chi connectivity index (χ1) is 10.1. The summed E-state index contributed by atoms with van der Waals surface area (Å²) in [4.78, 5) is 15.3. The van der Waals surface area contributed by atoms with E-state index in [1.807, 2.05) is 68.6 Å². The summed E-state index contributed by atoms with van der Waals surface area (Å²) in [6, 6.07) is 18.0. The zero-order valence-corrected chi connectivity index (χ0v) is 14.5. The molecule has 0 radical (unpaired) electrons. The highest BCUT2D eigenvalue weighted by molar-refractivity contribution is 9.10. The standard InChI is InChI=1S/C17H18BrNOS/c1-13(21-16-11-7-6-10-15(16)18)17(20)19(2)12-14-8-4-3-5-9-14/h3-11,13H,12H2,1-2H3. The number of amides is 1. The fourth-order valence-corrected chi connectivity index (χ4v) is 3.59. The van der Waals surface area contributed by atoms with E-state index in [0.29, 0.717) is 6.54 Å². The molecule has 0 aliphatic carbocycles. The summed E-state index contributed by atoms with van der Waals surface area (Å²) in [5.74, 6) is 0.139. The lowest BCUT2D eigenvalue weighted by molar-refractivity contribution is -0.129. The number of hydrogen-bond donors (Lipinski definition) is 0. The molecule has 0 bridgehead atoms. The van der Waals surface area contributed by atoms with Gasteiger partial charge in [-0.3, -0.25) is 4.79 Å². The third-order valence-electron chi connectivity index (χ3n) is 3.13. The Hall–Kier alpha value is -1.26. The minimum Gasteiger partial charge on any atom is -0.340 e. The van der Waals surface area contributed by atoms with Gasteiger partial charge >= 0.3 is 0 Å². The van der Waals surface area contributed by atoms with E-state index in [0.717, 1.165) is 14.9 Å². The first-order valence-electron chi connectivity index (χ1n) is 6.78. The lowest BCUT2D eigenvalue weighted by Crippen LogP contribution is -2.32. The van der Waals surface area contributed by atoms with Crippen LogP contribution in [0, 0.1) is 0 Å². The number of rotatable bonds is 5. The molecule has 2 rings (SSSR count). The normalized spacial score (nSPS) is 12.0. The van der Waals surface area contributed by atoms with Crippen LogP contribution in [0.4, 0.5) is 0 Å². The van der Waals surface area contributed by atoms with Crippen molar-refractivity contribution >= 4 is 33.6 Å². The van der Waals surface area contributed by atoms with Crippen molar-refractivity contribution in [2.24, 2.45) is 0 Å². The minimum absolute atomic E-state index is 0.114. The van der Waals surface area contributed by atoms with Crippen LogP contribution in [0.15, 0.2) is 64.0 Å². The molecule has 2 nitrogen and oxygen atoms in total. The molecule has 0 saturated heterocycles. The molecule has 0 spiro atoms. The number of nitrogens with zero attached hydrogens (tertiary/aromatic N) is 1. The molecule has 4 heteroatoms. The monoisotopic (exact) mass is 363 g/mol. The third kappa shape index (κ3) is 4.61. The first-order valence-corrected chi connectivity index (χ1v) is 8.45. The maximum absolute atomic E-state index is 12.5. The topological polar surface area (TPSA) is 20.3 Å². The molecule has 21 heavy (non-hydrogen) atoms. The van der Waals surface area contributed by atoms with Crippen LogP contribution in [0.5, 0.6) is 0 Å². The Morgan fingerprint density at radius 2 is 1.76 bits per heavy atom. The number of carbonyl (C=O) groups excluding carboxylic acids is 1. The summed E-state index contributed by atoms with van der Waals surface area (Å²) >= 11 is 5.10. The van der Waals surface area contributed by atoms with E-state index < -0.39 is 0 Å². The van der Waals surface area contributed by atoms with Crippen molar-refractivity contribution in [2.75, 3.05) is 7.05 Å². The van der Waals surface area contributed by atoms with Crippen LogP contribution in [-0.4, -0.2) is 23.1 Å². The molecule has 1 amide bonds. The zero-order valence-electron chi connectivity index (χ0n) is 12.1. The van der Waals surface area contributed by atoms with E-state index in [2.05, 4.69) is 15.9 Å². The van der Waals surface area contributed by atoms with Gasteiger partial charge in [0.1, 0.15) is 0 Å². The highest BCUT2D eigenvalue weighted by Gasteiger charge is 2.19. The van der Waals surface area contributed by atoms with Crippen LogP contribution in [0.25, 0.3) is 0 Å². The Morgan fingerprint density at radius 3 is 2.43 bits per heavy atom. The van der Waals surface area contributed by atoms with Crippen LogP contribution >= 0.6 is 27.7 Å². The van der Waals surface area contributed by atoms with E-state index in [4.69, 9.17) is 0 Å². The summed E-state index contributed by atoms with van der Waals surface area (Å²) in [6.07, 6.45) is 0. The summed E-state index contributed by atoms with van der Waals surface area (Å²) < 4.78 is 1.03. The van der Waals surface area contributed by atoms with E-state index in [1.165, 1.54) is 0 Å². The van der Waals surface area contributed by atoms with Gasteiger partial charge in [-0.05, 0) is 40.5 Å². The van der Waals surface area contributed by atoms with Crippen LogP contribution in [0.3, 0.4) is 0 Å². The Balaban J connectivity index is 1.97. The lowest BCUT2D eigenvalue weighted by Gasteiger charge is -2.21. The van der Waals surface area contributed by atoms with E-state index >= 15 is 0 Å². The average molecular weight is 364 g/mol. The molecule has 2 aromatic carbocycles. The predicted octanol–water partition coefficient (Wildman–Crippen LogP) is 4.59. The smallest absolute Gasteiger partial charge is 0.235 e. The van der Waals surface area contributed by atoms with Gasteiger partial charge in [-0.1, -0.05) is 42.5 Å². The quantitative estimate of drug-likeness (QED) is 0.724. The molecule has 0 saturated carbocycles. The van der Waals surface area contributed by atoms with E-state index in [1.54, 1.807) is 16.7 Å². The van der Waals surface area contributed by atoms with E-state index in [9.17, 15) is 4.79 Å². The van der Waals surface area contributed by atoms with Gasteiger partial charge in [0.25, 0.3) is 0 Å². The molecule has 1 atom stereocenters. The zero-order chi connectivity index (χ0) is 15.2. The summed E-state index contributed by atoms with van der Waals surface area (Å²) in [6.45, 7) is 2.59. The van der Waals surface area contributed by atoms with Gasteiger partial charge < -0.3 is 4.90 Å². The molecule has 0 fully saturated rings. The largest absolute Gasteiger partial charge is 0.340 e. The van der Waals surface area contributed by atoms with Crippen LogP contribution in [0.2, 0.25) is 0 Å². The van der Waals surface area contributed by atoms with Crippen molar-refractivity contribution in [1.82, 2.24) is 4.90 Å². The van der Waals surface area contributed by atoms with Gasteiger partial charge in [0.05, 0.1) is 5.25 Å². The van der Waals surface area contributed by atoms with Gasteiger partial charge in [0, 0.05) is 23.0 Å². The molecule has 110 valence electrons. The maximum atomic E-state index is 12.5. The Labute approximate surface area is 138 Å². The molecule has 0 N–H and O–H groups in total. The second-order valence-corrected chi connectivity index (χ2v) is 7.11. The Morgan fingerprint density at radius 1 is 1.14 bits per heavy atom. The molecule has 0 aliphatic heterocycles. The van der Waals surface area contributed by atoms with Crippen molar-refractivity contribution in [2.45, 2.75) is 23.6 Å². The number of hydrogen-bond acceptors (Lipinski definition) is 2. The predicted molar refractivity (Wildman–Crippen MR) is 92.4 cm³/mol. The summed E-state index contributed by atoms with van der Waals surface area (Å²) in [7, 11) is 1.85. The number of halogens is 1. The van der Waals surface area contributed by atoms with Gasteiger partial charge in [0.15, 0.2) is 0 Å². The summed E-state index contributed by atoms with van der Waals surface area (Å²) in [5, 5.41) is -0.114. The molecular weight excluding hydrogens is 346 g/mol. The minimum atomic E-state index is -0.114. The van der Waals surface area contributed by atoms with Crippen molar-refractivity contribution < 1.29 is 4.79 Å². The van der Waals surface area contributed by atoms with Crippen molar-refractivity contribution in [3.05, 3.63) is 64.6 Å². The van der Waals surface area contributed by atoms with Crippen molar-refractivity contribution in [3.8, 4) is 0 Å². The first kappa shape index (κ1) is 16.1. The lowest BCUT2D eigenvalue weighted by atomic mass is 10.2. The van der Waals surface area contributed by atoms with Gasteiger partial charge in [0.2, 0.25) is 5.91 Å². The highest BCUT2D eigenvalue weighted by Crippen LogP contribution is 2.31. The van der Waals surface area contributed by atoms with Crippen molar-refractivity contribution in [3.63, 3.8) is 0 Å². The molecular formula is C17H18BrNOS. The summed E-state index contributed by atoms with van der Waals surface area (Å²) in [5.41, 5.74) is 1.14. The molecule has 0 aromatic heterocycles. The number of carbonyl (C=O) groups is 1. The number of thioether (sulfide) groups is 1. The third-order valence-corrected chi connectivity index (χ3v) is 5.25. The van der Waals surface area contributed by atoms with Crippen LogP contribution < -0.4 is 0 Å². The second-order valence-electron chi connectivity index (χ2n) is 4.87. The number of benzene rings is 2. The highest BCUT2D eigenvalue weighted by atomic mass is 79.9. The fourth-order valence-electron chi connectivity index (χ4n) is 2.03. The van der Waals surface area contributed by atoms with Crippen molar-refractivity contribution in [1.29, 1.82) is 0 Å². The average Bonchev–Trinajstić information content (AvgIpc) is 2.49. The Bertz CT molecular complexity index is 603. The van der Waals surface area contributed by atoms with E-state index in [-0.39, 0.29) is 11.2 Å². The van der Waals surface area contributed by atoms with Crippen LogP contribution in [-0.2, 0) is 11.3 Å².